The second-order valence-corrected chi connectivity index (χ2v) is 4.22. The summed E-state index contributed by atoms with van der Waals surface area (Å²) in [5.74, 6) is 2.10. The fourth-order valence-electron chi connectivity index (χ4n) is 1.22. The van der Waals surface area contributed by atoms with Crippen molar-refractivity contribution in [1.82, 2.24) is 9.97 Å². The Balaban J connectivity index is 2.55. The quantitative estimate of drug-likeness (QED) is 0.788. The van der Waals surface area contributed by atoms with Gasteiger partial charge in [0.1, 0.15) is 12.4 Å². The van der Waals surface area contributed by atoms with Gasteiger partial charge in [-0.3, -0.25) is 0 Å². The Bertz CT molecular complexity index is 343. The van der Waals surface area contributed by atoms with E-state index in [1.54, 1.807) is 6.07 Å². The highest BCUT2D eigenvalue weighted by molar-refractivity contribution is 5.32. The molecule has 0 aliphatic rings. The molecule has 1 heterocycles. The van der Waals surface area contributed by atoms with Crippen LogP contribution in [-0.4, -0.2) is 23.2 Å². The van der Waals surface area contributed by atoms with Crippen LogP contribution in [0, 0.1) is 5.92 Å². The van der Waals surface area contributed by atoms with Crippen LogP contribution in [0.1, 0.15) is 33.0 Å². The molecular weight excluding hydrogens is 218 g/mol. The van der Waals surface area contributed by atoms with Gasteiger partial charge < -0.3 is 15.2 Å². The molecule has 0 radical (unpaired) electrons. The fraction of sp³-hybridized carbons (Fsp3) is 0.667. The zero-order valence-corrected chi connectivity index (χ0v) is 10.8. The van der Waals surface area contributed by atoms with E-state index in [1.165, 1.54) is 0 Å². The van der Waals surface area contributed by atoms with Gasteiger partial charge in [-0.25, -0.2) is 4.98 Å². The lowest BCUT2D eigenvalue weighted by Gasteiger charge is -2.09. The first-order valence-electron chi connectivity index (χ1n) is 5.95. The highest BCUT2D eigenvalue weighted by Gasteiger charge is 2.04. The summed E-state index contributed by atoms with van der Waals surface area (Å²) in [6.07, 6.45) is 0.991. The van der Waals surface area contributed by atoms with Gasteiger partial charge in [-0.1, -0.05) is 13.8 Å². The molecule has 96 valence electrons. The van der Waals surface area contributed by atoms with E-state index in [9.17, 15) is 0 Å². The summed E-state index contributed by atoms with van der Waals surface area (Å²) in [6.45, 7) is 7.86. The summed E-state index contributed by atoms with van der Waals surface area (Å²) in [5.41, 5.74) is 5.68. The summed E-state index contributed by atoms with van der Waals surface area (Å²) < 4.78 is 10.8. The Morgan fingerprint density at radius 1 is 1.35 bits per heavy atom. The Kier molecular flexibility index (Phi) is 5.69. The van der Waals surface area contributed by atoms with E-state index < -0.39 is 0 Å². The van der Waals surface area contributed by atoms with Gasteiger partial charge in [0.05, 0.1) is 6.61 Å². The summed E-state index contributed by atoms with van der Waals surface area (Å²) >= 11 is 0. The summed E-state index contributed by atoms with van der Waals surface area (Å²) in [7, 11) is 0. The van der Waals surface area contributed by atoms with E-state index in [4.69, 9.17) is 15.2 Å². The maximum Gasteiger partial charge on any atom is 0.218 e. The molecule has 1 aromatic heterocycles. The first-order valence-corrected chi connectivity index (χ1v) is 5.95. The van der Waals surface area contributed by atoms with Crippen molar-refractivity contribution >= 4 is 5.82 Å². The molecule has 0 fully saturated rings. The van der Waals surface area contributed by atoms with Crippen molar-refractivity contribution in [3.63, 3.8) is 0 Å². The van der Waals surface area contributed by atoms with Crippen LogP contribution in [0.2, 0.25) is 0 Å². The molecule has 5 nitrogen and oxygen atoms in total. The second-order valence-electron chi connectivity index (χ2n) is 4.22. The molecule has 0 bridgehead atoms. The van der Waals surface area contributed by atoms with Gasteiger partial charge >= 0.3 is 0 Å². The Morgan fingerprint density at radius 2 is 2.12 bits per heavy atom. The van der Waals surface area contributed by atoms with Crippen LogP contribution in [0.3, 0.4) is 0 Å². The van der Waals surface area contributed by atoms with Crippen LogP contribution in [0.25, 0.3) is 0 Å². The molecule has 0 unspecified atom stereocenters. The van der Waals surface area contributed by atoms with Gasteiger partial charge in [-0.15, -0.1) is 0 Å². The molecule has 0 atom stereocenters. The van der Waals surface area contributed by atoms with Crippen molar-refractivity contribution in [2.45, 2.75) is 33.8 Å². The van der Waals surface area contributed by atoms with Gasteiger partial charge in [0, 0.05) is 12.7 Å². The first-order chi connectivity index (χ1) is 8.11. The minimum Gasteiger partial charge on any atom is -0.478 e. The van der Waals surface area contributed by atoms with Gasteiger partial charge in [-0.2, -0.15) is 4.98 Å². The number of anilines is 1. The average Bonchev–Trinajstić information content (AvgIpc) is 2.25. The molecule has 17 heavy (non-hydrogen) atoms. The highest BCUT2D eigenvalue weighted by atomic mass is 16.5. The molecule has 0 spiro atoms. The number of aromatic nitrogens is 2. The topological polar surface area (TPSA) is 70.3 Å². The van der Waals surface area contributed by atoms with Crippen LogP contribution >= 0.6 is 0 Å². The van der Waals surface area contributed by atoms with E-state index in [2.05, 4.69) is 23.8 Å². The summed E-state index contributed by atoms with van der Waals surface area (Å²) in [5, 5.41) is 0. The van der Waals surface area contributed by atoms with Crippen molar-refractivity contribution in [3.8, 4) is 5.88 Å². The number of hydrogen-bond acceptors (Lipinski definition) is 5. The Morgan fingerprint density at radius 3 is 2.76 bits per heavy atom. The molecule has 0 amide bonds. The number of nitrogens with two attached hydrogens (primary N) is 1. The monoisotopic (exact) mass is 239 g/mol. The highest BCUT2D eigenvalue weighted by Crippen LogP contribution is 2.12. The molecule has 0 aliphatic carbocycles. The standard InChI is InChI=1S/C12H21N3O2/c1-4-16-8-11-14-10(13)7-12(15-11)17-6-5-9(2)3/h7,9H,4-6,8H2,1-3H3,(H2,13,14,15). The van der Waals surface area contributed by atoms with Crippen molar-refractivity contribution < 1.29 is 9.47 Å². The first kappa shape index (κ1) is 13.7. The molecule has 1 aromatic rings. The lowest BCUT2D eigenvalue weighted by atomic mass is 10.1. The average molecular weight is 239 g/mol. The van der Waals surface area contributed by atoms with Gasteiger partial charge in [0.15, 0.2) is 5.82 Å². The number of nitrogen functional groups attached to an aromatic ring is 1. The van der Waals surface area contributed by atoms with Gasteiger partial charge in [0.25, 0.3) is 0 Å². The van der Waals surface area contributed by atoms with Crippen LogP contribution in [0.4, 0.5) is 5.82 Å². The minimum atomic E-state index is 0.363. The second kappa shape index (κ2) is 7.06. The molecule has 1 rings (SSSR count). The number of ether oxygens (including phenoxy) is 2. The molecule has 5 heteroatoms. The van der Waals surface area contributed by atoms with Gasteiger partial charge in [-0.05, 0) is 19.3 Å². The molecular formula is C12H21N3O2. The minimum absolute atomic E-state index is 0.363. The van der Waals surface area contributed by atoms with E-state index in [-0.39, 0.29) is 0 Å². The molecule has 0 saturated heterocycles. The van der Waals surface area contributed by atoms with Crippen LogP contribution in [0.15, 0.2) is 6.07 Å². The van der Waals surface area contributed by atoms with Crippen molar-refractivity contribution in [2.24, 2.45) is 5.92 Å². The SMILES string of the molecule is CCOCc1nc(N)cc(OCCC(C)C)n1. The number of nitrogens with zero attached hydrogens (tertiary/aromatic N) is 2. The Labute approximate surface area is 102 Å². The Hall–Kier alpha value is -1.36. The molecule has 2 N–H and O–H groups in total. The summed E-state index contributed by atoms with van der Waals surface area (Å²) in [4.78, 5) is 8.31. The van der Waals surface area contributed by atoms with Crippen molar-refractivity contribution in [2.75, 3.05) is 18.9 Å². The summed E-state index contributed by atoms with van der Waals surface area (Å²) in [6, 6.07) is 1.63. The van der Waals surface area contributed by atoms with E-state index in [0.29, 0.717) is 43.3 Å². The predicted molar refractivity (Wildman–Crippen MR) is 66.7 cm³/mol. The van der Waals surface area contributed by atoms with E-state index in [0.717, 1.165) is 6.42 Å². The van der Waals surface area contributed by atoms with E-state index in [1.807, 2.05) is 6.92 Å². The van der Waals surface area contributed by atoms with Crippen LogP contribution in [-0.2, 0) is 11.3 Å². The molecule has 0 aromatic carbocycles. The predicted octanol–water partition coefficient (Wildman–Crippen LogP) is 2.02. The van der Waals surface area contributed by atoms with Crippen molar-refractivity contribution in [3.05, 3.63) is 11.9 Å². The number of rotatable bonds is 7. The third-order valence-corrected chi connectivity index (χ3v) is 2.15. The normalized spacial score (nSPS) is 10.8. The third kappa shape index (κ3) is 5.49. The van der Waals surface area contributed by atoms with Gasteiger partial charge in [0.2, 0.25) is 5.88 Å². The number of hydrogen-bond donors (Lipinski definition) is 1. The van der Waals surface area contributed by atoms with Crippen LogP contribution < -0.4 is 10.5 Å². The fourth-order valence-corrected chi connectivity index (χ4v) is 1.22. The van der Waals surface area contributed by atoms with Crippen LogP contribution in [0.5, 0.6) is 5.88 Å². The third-order valence-electron chi connectivity index (χ3n) is 2.15. The largest absolute Gasteiger partial charge is 0.478 e. The van der Waals surface area contributed by atoms with Crippen molar-refractivity contribution in [1.29, 1.82) is 0 Å². The molecule has 0 saturated carbocycles. The molecule has 0 aliphatic heterocycles. The maximum absolute atomic E-state index is 5.68. The maximum atomic E-state index is 5.68. The lowest BCUT2D eigenvalue weighted by molar-refractivity contribution is 0.127. The lowest BCUT2D eigenvalue weighted by Crippen LogP contribution is -2.07. The smallest absolute Gasteiger partial charge is 0.218 e. The zero-order valence-electron chi connectivity index (χ0n) is 10.8. The zero-order chi connectivity index (χ0) is 12.7. The van der Waals surface area contributed by atoms with E-state index >= 15 is 0 Å².